The van der Waals surface area contributed by atoms with Crippen LogP contribution in [0.1, 0.15) is 18.9 Å². The number of hydrogen-bond acceptors (Lipinski definition) is 2. The Morgan fingerprint density at radius 2 is 1.95 bits per heavy atom. The quantitative estimate of drug-likeness (QED) is 0.675. The Labute approximate surface area is 140 Å². The average molecular weight is 362 g/mol. The van der Waals surface area contributed by atoms with Gasteiger partial charge in [-0.25, -0.2) is 0 Å². The van der Waals surface area contributed by atoms with Gasteiger partial charge in [-0.2, -0.15) is 0 Å². The number of ether oxygens (including phenoxy) is 1. The van der Waals surface area contributed by atoms with Gasteiger partial charge in [0, 0.05) is 23.1 Å². The Kier molecular flexibility index (Phi) is 6.01. The van der Waals surface area contributed by atoms with Crippen LogP contribution in [0.2, 0.25) is 0 Å². The summed E-state index contributed by atoms with van der Waals surface area (Å²) in [5.41, 5.74) is 2.06. The third-order valence-electron chi connectivity index (χ3n) is 3.39. The van der Waals surface area contributed by atoms with Gasteiger partial charge in [0.15, 0.2) is 0 Å². The van der Waals surface area contributed by atoms with E-state index in [1.807, 2.05) is 62.4 Å². The van der Waals surface area contributed by atoms with Crippen molar-refractivity contribution in [3.63, 3.8) is 0 Å². The molecule has 0 aliphatic heterocycles. The number of nitrogens with zero attached hydrogens (tertiary/aromatic N) is 1. The van der Waals surface area contributed by atoms with Crippen molar-refractivity contribution in [2.24, 2.45) is 0 Å². The summed E-state index contributed by atoms with van der Waals surface area (Å²) in [7, 11) is 0. The van der Waals surface area contributed by atoms with E-state index in [2.05, 4.69) is 15.9 Å². The molecule has 2 aromatic rings. The molecule has 1 atom stereocenters. The Balaban J connectivity index is 1.90. The largest absolute Gasteiger partial charge is 0.491 e. The van der Waals surface area contributed by atoms with Crippen molar-refractivity contribution in [3.8, 4) is 5.75 Å². The third-order valence-corrected chi connectivity index (χ3v) is 3.92. The van der Waals surface area contributed by atoms with Crippen LogP contribution in [0.4, 0.5) is 5.69 Å². The topological polar surface area (TPSA) is 29.5 Å². The molecule has 1 amide bonds. The first kappa shape index (κ1) is 16.6. The molecular weight excluding hydrogens is 342 g/mol. The zero-order valence-corrected chi connectivity index (χ0v) is 14.4. The maximum Gasteiger partial charge on any atom is 0.214 e. The molecule has 0 heterocycles. The van der Waals surface area contributed by atoms with Crippen LogP contribution in [-0.4, -0.2) is 19.1 Å². The fourth-order valence-electron chi connectivity index (χ4n) is 2.17. The summed E-state index contributed by atoms with van der Waals surface area (Å²) in [6, 6.07) is 15.7. The monoisotopic (exact) mass is 361 g/mol. The molecule has 0 aliphatic rings. The van der Waals surface area contributed by atoms with E-state index >= 15 is 0 Å². The summed E-state index contributed by atoms with van der Waals surface area (Å²) >= 11 is 3.40. The van der Waals surface area contributed by atoms with Crippen LogP contribution in [0.25, 0.3) is 0 Å². The Morgan fingerprint density at radius 3 is 2.59 bits per heavy atom. The molecule has 0 saturated carbocycles. The highest BCUT2D eigenvalue weighted by Crippen LogP contribution is 2.19. The van der Waals surface area contributed by atoms with Crippen molar-refractivity contribution in [2.45, 2.75) is 26.4 Å². The lowest BCUT2D eigenvalue weighted by atomic mass is 10.2. The zero-order chi connectivity index (χ0) is 15.9. The van der Waals surface area contributed by atoms with Crippen LogP contribution in [-0.2, 0) is 4.79 Å². The maximum atomic E-state index is 11.3. The Morgan fingerprint density at radius 1 is 1.23 bits per heavy atom. The van der Waals surface area contributed by atoms with Gasteiger partial charge in [-0.15, -0.1) is 0 Å². The maximum absolute atomic E-state index is 11.3. The number of hydrogen-bond donors (Lipinski definition) is 0. The van der Waals surface area contributed by atoms with E-state index in [9.17, 15) is 4.79 Å². The molecule has 0 N–H and O–H groups in total. The minimum absolute atomic E-state index is 0.0356. The number of carbonyl (C=O) groups excluding carboxylic acids is 1. The molecule has 0 aliphatic carbocycles. The van der Waals surface area contributed by atoms with E-state index in [4.69, 9.17) is 4.74 Å². The second-order valence-corrected chi connectivity index (χ2v) is 6.22. The van der Waals surface area contributed by atoms with Crippen molar-refractivity contribution >= 4 is 28.0 Å². The lowest BCUT2D eigenvalue weighted by Crippen LogP contribution is -2.26. The van der Waals surface area contributed by atoms with Gasteiger partial charge in [-0.05, 0) is 55.8 Å². The highest BCUT2D eigenvalue weighted by Gasteiger charge is 2.10. The summed E-state index contributed by atoms with van der Waals surface area (Å²) in [5, 5.41) is 0. The zero-order valence-electron chi connectivity index (χ0n) is 12.8. The predicted molar refractivity (Wildman–Crippen MR) is 93.4 cm³/mol. The molecule has 2 rings (SSSR count). The van der Waals surface area contributed by atoms with E-state index in [1.54, 1.807) is 4.90 Å². The molecule has 22 heavy (non-hydrogen) atoms. The Hall–Kier alpha value is -1.81. The Bertz CT molecular complexity index is 613. The van der Waals surface area contributed by atoms with E-state index < -0.39 is 0 Å². The predicted octanol–water partition coefficient (Wildman–Crippen LogP) is 4.58. The van der Waals surface area contributed by atoms with Crippen molar-refractivity contribution in [2.75, 3.05) is 11.4 Å². The summed E-state index contributed by atoms with van der Waals surface area (Å²) < 4.78 is 6.89. The van der Waals surface area contributed by atoms with Crippen LogP contribution >= 0.6 is 15.9 Å². The summed E-state index contributed by atoms with van der Waals surface area (Å²) in [6.07, 6.45) is 1.68. The highest BCUT2D eigenvalue weighted by molar-refractivity contribution is 9.10. The first-order chi connectivity index (χ1) is 10.6. The molecule has 116 valence electrons. The van der Waals surface area contributed by atoms with E-state index in [0.29, 0.717) is 6.54 Å². The van der Waals surface area contributed by atoms with Crippen molar-refractivity contribution in [3.05, 3.63) is 58.6 Å². The molecule has 0 saturated heterocycles. The number of anilines is 1. The fourth-order valence-corrected chi connectivity index (χ4v) is 2.44. The van der Waals surface area contributed by atoms with Gasteiger partial charge < -0.3 is 9.64 Å². The first-order valence-electron chi connectivity index (χ1n) is 7.29. The van der Waals surface area contributed by atoms with Crippen LogP contribution < -0.4 is 9.64 Å². The fraction of sp³-hybridized carbons (Fsp3) is 0.278. The molecule has 4 heteroatoms. The van der Waals surface area contributed by atoms with Gasteiger partial charge in [-0.3, -0.25) is 4.79 Å². The molecule has 0 spiro atoms. The van der Waals surface area contributed by atoms with Gasteiger partial charge in [-0.1, -0.05) is 28.1 Å². The van der Waals surface area contributed by atoms with Crippen LogP contribution in [0.15, 0.2) is 53.0 Å². The third kappa shape index (κ3) is 4.88. The SMILES string of the molecule is Cc1cccc(N(C=O)CCC(C)Oc2ccc(Br)cc2)c1. The summed E-state index contributed by atoms with van der Waals surface area (Å²) in [6.45, 7) is 4.66. The van der Waals surface area contributed by atoms with Gasteiger partial charge in [0.2, 0.25) is 6.41 Å². The highest BCUT2D eigenvalue weighted by atomic mass is 79.9. The van der Waals surface area contributed by atoms with Gasteiger partial charge in [0.25, 0.3) is 0 Å². The lowest BCUT2D eigenvalue weighted by Gasteiger charge is -2.21. The second-order valence-electron chi connectivity index (χ2n) is 5.31. The molecular formula is C18H20BrNO2. The lowest BCUT2D eigenvalue weighted by molar-refractivity contribution is -0.107. The molecule has 2 aromatic carbocycles. The molecule has 0 radical (unpaired) electrons. The van der Waals surface area contributed by atoms with E-state index in [0.717, 1.165) is 34.3 Å². The van der Waals surface area contributed by atoms with Crippen LogP contribution in [0.3, 0.4) is 0 Å². The minimum Gasteiger partial charge on any atom is -0.491 e. The normalized spacial score (nSPS) is 11.8. The van der Waals surface area contributed by atoms with Crippen LogP contribution in [0.5, 0.6) is 5.75 Å². The van der Waals surface area contributed by atoms with E-state index in [1.165, 1.54) is 0 Å². The number of halogens is 1. The number of carbonyl (C=O) groups is 1. The summed E-state index contributed by atoms with van der Waals surface area (Å²) in [5.74, 6) is 0.837. The second kappa shape index (κ2) is 7.99. The number of benzene rings is 2. The number of rotatable bonds is 7. The summed E-state index contributed by atoms with van der Waals surface area (Å²) in [4.78, 5) is 13.0. The number of aryl methyl sites for hydroxylation is 1. The number of amides is 1. The standard InChI is InChI=1S/C18H20BrNO2/c1-14-4-3-5-17(12-14)20(13-21)11-10-15(2)22-18-8-6-16(19)7-9-18/h3-9,12-13,15H,10-11H2,1-2H3. The first-order valence-corrected chi connectivity index (χ1v) is 8.08. The molecule has 0 bridgehead atoms. The van der Waals surface area contributed by atoms with Gasteiger partial charge >= 0.3 is 0 Å². The van der Waals surface area contributed by atoms with Crippen molar-refractivity contribution in [1.29, 1.82) is 0 Å². The molecule has 0 aromatic heterocycles. The average Bonchev–Trinajstić information content (AvgIpc) is 2.50. The molecule has 3 nitrogen and oxygen atoms in total. The van der Waals surface area contributed by atoms with Crippen molar-refractivity contribution < 1.29 is 9.53 Å². The smallest absolute Gasteiger partial charge is 0.214 e. The van der Waals surface area contributed by atoms with Crippen LogP contribution in [0, 0.1) is 6.92 Å². The van der Waals surface area contributed by atoms with Crippen molar-refractivity contribution in [1.82, 2.24) is 0 Å². The van der Waals surface area contributed by atoms with E-state index in [-0.39, 0.29) is 6.10 Å². The molecule has 1 unspecified atom stereocenters. The van der Waals surface area contributed by atoms with Gasteiger partial charge in [0.1, 0.15) is 5.75 Å². The molecule has 0 fully saturated rings. The van der Waals surface area contributed by atoms with Gasteiger partial charge in [0.05, 0.1) is 6.10 Å². The minimum atomic E-state index is 0.0356.